The third-order valence-electron chi connectivity index (χ3n) is 2.75. The van der Waals surface area contributed by atoms with E-state index in [9.17, 15) is 0 Å². The number of ether oxygens (including phenoxy) is 1. The summed E-state index contributed by atoms with van der Waals surface area (Å²) in [6, 6.07) is 0. The molecule has 1 aliphatic rings. The second-order valence-corrected chi connectivity index (χ2v) is 4.45. The van der Waals surface area contributed by atoms with Crippen molar-refractivity contribution in [3.63, 3.8) is 0 Å². The normalized spacial score (nSPS) is 21.9. The molecule has 1 atom stereocenters. The molecule has 1 saturated heterocycles. The van der Waals surface area contributed by atoms with Gasteiger partial charge in [0.15, 0.2) is 0 Å². The van der Waals surface area contributed by atoms with Gasteiger partial charge in [0.25, 0.3) is 0 Å². The van der Waals surface area contributed by atoms with E-state index in [1.165, 1.54) is 6.33 Å². The first-order chi connectivity index (χ1) is 7.68. The Balaban J connectivity index is 2.24. The predicted octanol–water partition coefficient (Wildman–Crippen LogP) is 2.05. The molecule has 0 saturated carbocycles. The summed E-state index contributed by atoms with van der Waals surface area (Å²) in [6.45, 7) is 6.66. The number of hydrogen-bond acceptors (Lipinski definition) is 4. The van der Waals surface area contributed by atoms with Crippen molar-refractivity contribution in [1.82, 2.24) is 9.97 Å². The summed E-state index contributed by atoms with van der Waals surface area (Å²) in [5.41, 5.74) is 0.943. The zero-order valence-electron chi connectivity index (χ0n) is 9.61. The van der Waals surface area contributed by atoms with Crippen LogP contribution in [0.5, 0.6) is 0 Å². The van der Waals surface area contributed by atoms with E-state index in [-0.39, 0.29) is 6.10 Å². The van der Waals surface area contributed by atoms with E-state index in [0.717, 1.165) is 37.5 Å². The Labute approximate surface area is 101 Å². The molecule has 4 nitrogen and oxygen atoms in total. The molecule has 1 aromatic heterocycles. The second-order valence-electron chi connectivity index (χ2n) is 4.09. The molecule has 0 N–H and O–H groups in total. The maximum atomic E-state index is 6.00. The monoisotopic (exact) mass is 241 g/mol. The van der Waals surface area contributed by atoms with Gasteiger partial charge in [-0.15, -0.1) is 0 Å². The highest BCUT2D eigenvalue weighted by Crippen LogP contribution is 2.23. The maximum absolute atomic E-state index is 6.00. The third kappa shape index (κ3) is 2.44. The molecule has 2 heterocycles. The quantitative estimate of drug-likeness (QED) is 0.706. The van der Waals surface area contributed by atoms with Crippen LogP contribution in [0.15, 0.2) is 6.33 Å². The number of nitrogens with zero attached hydrogens (tertiary/aromatic N) is 3. The van der Waals surface area contributed by atoms with Crippen LogP contribution in [0.1, 0.15) is 18.9 Å². The Kier molecular flexibility index (Phi) is 3.61. The van der Waals surface area contributed by atoms with Crippen LogP contribution in [-0.4, -0.2) is 35.8 Å². The minimum Gasteiger partial charge on any atom is -0.377 e. The lowest BCUT2D eigenvalue weighted by Crippen LogP contribution is -2.31. The zero-order valence-corrected chi connectivity index (χ0v) is 10.4. The summed E-state index contributed by atoms with van der Waals surface area (Å²) in [7, 11) is 0. The molecule has 2 rings (SSSR count). The Hall–Kier alpha value is -0.870. The molecule has 0 aromatic carbocycles. The van der Waals surface area contributed by atoms with Crippen molar-refractivity contribution in [1.29, 1.82) is 0 Å². The molecule has 1 fully saturated rings. The first-order valence-corrected chi connectivity index (χ1v) is 5.90. The van der Waals surface area contributed by atoms with Crippen LogP contribution in [0.25, 0.3) is 0 Å². The fraction of sp³-hybridized carbons (Fsp3) is 0.636. The van der Waals surface area contributed by atoms with Gasteiger partial charge in [0.1, 0.15) is 17.3 Å². The Morgan fingerprint density at radius 1 is 1.50 bits per heavy atom. The smallest absolute Gasteiger partial charge is 0.137 e. The third-order valence-corrected chi connectivity index (χ3v) is 3.13. The highest BCUT2D eigenvalue weighted by molar-refractivity contribution is 6.30. The van der Waals surface area contributed by atoms with Crippen LogP contribution in [0.4, 0.5) is 5.82 Å². The van der Waals surface area contributed by atoms with Gasteiger partial charge in [-0.3, -0.25) is 0 Å². The highest BCUT2D eigenvalue weighted by atomic mass is 35.5. The zero-order chi connectivity index (χ0) is 11.5. The Morgan fingerprint density at radius 3 is 3.12 bits per heavy atom. The van der Waals surface area contributed by atoms with Crippen LogP contribution in [0, 0.1) is 6.92 Å². The fourth-order valence-corrected chi connectivity index (χ4v) is 2.05. The van der Waals surface area contributed by atoms with E-state index in [1.807, 2.05) is 6.92 Å². The van der Waals surface area contributed by atoms with Crippen LogP contribution in [0.2, 0.25) is 5.15 Å². The minimum atomic E-state index is 0.232. The fourth-order valence-electron chi connectivity index (χ4n) is 1.93. The van der Waals surface area contributed by atoms with Crippen molar-refractivity contribution in [3.05, 3.63) is 17.0 Å². The van der Waals surface area contributed by atoms with Crippen molar-refractivity contribution < 1.29 is 4.74 Å². The molecular formula is C11H16ClN3O. The minimum absolute atomic E-state index is 0.232. The maximum Gasteiger partial charge on any atom is 0.137 e. The van der Waals surface area contributed by atoms with E-state index in [1.54, 1.807) is 0 Å². The number of halogens is 1. The number of aromatic nitrogens is 2. The van der Waals surface area contributed by atoms with Crippen molar-refractivity contribution in [2.45, 2.75) is 26.4 Å². The molecule has 0 aliphatic carbocycles. The van der Waals surface area contributed by atoms with Gasteiger partial charge >= 0.3 is 0 Å². The molecule has 5 heteroatoms. The van der Waals surface area contributed by atoms with Crippen LogP contribution >= 0.6 is 11.6 Å². The summed E-state index contributed by atoms with van der Waals surface area (Å²) in [5, 5.41) is 0.530. The van der Waals surface area contributed by atoms with Gasteiger partial charge < -0.3 is 9.64 Å². The van der Waals surface area contributed by atoms with Crippen LogP contribution in [0.3, 0.4) is 0 Å². The molecule has 0 spiro atoms. The van der Waals surface area contributed by atoms with E-state index >= 15 is 0 Å². The molecule has 1 aromatic rings. The van der Waals surface area contributed by atoms with Gasteiger partial charge in [-0.25, -0.2) is 9.97 Å². The highest BCUT2D eigenvalue weighted by Gasteiger charge is 2.18. The number of hydrogen-bond donors (Lipinski definition) is 0. The summed E-state index contributed by atoms with van der Waals surface area (Å²) in [6.07, 6.45) is 2.77. The summed E-state index contributed by atoms with van der Waals surface area (Å²) >= 11 is 6.00. The number of anilines is 1. The van der Waals surface area contributed by atoms with Crippen molar-refractivity contribution >= 4 is 17.4 Å². The van der Waals surface area contributed by atoms with E-state index in [2.05, 4.69) is 21.8 Å². The van der Waals surface area contributed by atoms with E-state index in [4.69, 9.17) is 16.3 Å². The van der Waals surface area contributed by atoms with Crippen molar-refractivity contribution in [2.75, 3.05) is 24.6 Å². The Bertz CT molecular complexity index is 372. The predicted molar refractivity (Wildman–Crippen MR) is 64.0 cm³/mol. The molecular weight excluding hydrogens is 226 g/mol. The molecule has 0 bridgehead atoms. The SMILES string of the molecule is Cc1c(Cl)ncnc1N1CCCOC(C)C1. The first kappa shape index (κ1) is 11.6. The van der Waals surface area contributed by atoms with Crippen molar-refractivity contribution in [3.8, 4) is 0 Å². The lowest BCUT2D eigenvalue weighted by atomic mass is 10.3. The van der Waals surface area contributed by atoms with Gasteiger partial charge in [-0.1, -0.05) is 11.6 Å². The van der Waals surface area contributed by atoms with Crippen molar-refractivity contribution in [2.24, 2.45) is 0 Å². The van der Waals surface area contributed by atoms with Gasteiger partial charge in [0, 0.05) is 25.3 Å². The lowest BCUT2D eigenvalue weighted by Gasteiger charge is -2.24. The molecule has 0 amide bonds. The average Bonchev–Trinajstić information content (AvgIpc) is 2.47. The van der Waals surface area contributed by atoms with E-state index in [0.29, 0.717) is 5.15 Å². The summed E-state index contributed by atoms with van der Waals surface area (Å²) in [5.74, 6) is 0.928. The van der Waals surface area contributed by atoms with Crippen LogP contribution in [-0.2, 0) is 4.74 Å². The van der Waals surface area contributed by atoms with Crippen LogP contribution < -0.4 is 4.90 Å². The molecule has 1 unspecified atom stereocenters. The molecule has 0 radical (unpaired) electrons. The Morgan fingerprint density at radius 2 is 2.31 bits per heavy atom. The van der Waals surface area contributed by atoms with Gasteiger partial charge in [-0.2, -0.15) is 0 Å². The second kappa shape index (κ2) is 4.97. The summed E-state index contributed by atoms with van der Waals surface area (Å²) in [4.78, 5) is 10.5. The first-order valence-electron chi connectivity index (χ1n) is 5.52. The van der Waals surface area contributed by atoms with Gasteiger partial charge in [0.2, 0.25) is 0 Å². The number of rotatable bonds is 1. The standard InChI is InChI=1S/C11H16ClN3O/c1-8-6-15(4-3-5-16-8)11-9(2)10(12)13-7-14-11/h7-8H,3-6H2,1-2H3. The topological polar surface area (TPSA) is 38.2 Å². The lowest BCUT2D eigenvalue weighted by molar-refractivity contribution is 0.0820. The van der Waals surface area contributed by atoms with Gasteiger partial charge in [0.05, 0.1) is 6.10 Å². The molecule has 88 valence electrons. The van der Waals surface area contributed by atoms with Gasteiger partial charge in [-0.05, 0) is 20.3 Å². The average molecular weight is 242 g/mol. The largest absolute Gasteiger partial charge is 0.377 e. The molecule has 16 heavy (non-hydrogen) atoms. The van der Waals surface area contributed by atoms with E-state index < -0.39 is 0 Å². The molecule has 1 aliphatic heterocycles. The summed E-state index contributed by atoms with van der Waals surface area (Å²) < 4.78 is 5.61.